The van der Waals surface area contributed by atoms with Crippen LogP contribution in [0.25, 0.3) is 0 Å². The second-order valence-electron chi connectivity index (χ2n) is 7.26. The van der Waals surface area contributed by atoms with Crippen LogP contribution in [0.2, 0.25) is 0 Å². The third kappa shape index (κ3) is 5.22. The van der Waals surface area contributed by atoms with E-state index in [1.54, 1.807) is 11.8 Å². The van der Waals surface area contributed by atoms with Gasteiger partial charge in [0.05, 0.1) is 0 Å². The number of carbonyl (C=O) groups is 1. The summed E-state index contributed by atoms with van der Waals surface area (Å²) >= 11 is 2.19. The van der Waals surface area contributed by atoms with Crippen LogP contribution in [0.3, 0.4) is 0 Å². The van der Waals surface area contributed by atoms with Gasteiger partial charge in [0.25, 0.3) is 0 Å². The first kappa shape index (κ1) is 20.5. The predicted octanol–water partition coefficient (Wildman–Crippen LogP) is 2.01. The van der Waals surface area contributed by atoms with Crippen LogP contribution in [0.5, 0.6) is 0 Å². The average molecular weight is 498 g/mol. The molecule has 3 aliphatic rings. The molecule has 5 rings (SSSR count). The fraction of sp³-hybridized carbons (Fsp3) is 0.421. The molecule has 3 fully saturated rings. The molecule has 1 amide bonds. The van der Waals surface area contributed by atoms with Crippen molar-refractivity contribution in [3.8, 4) is 0 Å². The van der Waals surface area contributed by atoms with Gasteiger partial charge in [-0.1, -0.05) is 0 Å². The summed E-state index contributed by atoms with van der Waals surface area (Å²) in [6.07, 6.45) is 3.65. The maximum atomic E-state index is 12.7. The molecule has 2 bridgehead atoms. The van der Waals surface area contributed by atoms with Crippen molar-refractivity contribution in [2.75, 3.05) is 25.9 Å². The Kier molecular flexibility index (Phi) is 6.23. The van der Waals surface area contributed by atoms with E-state index in [1.165, 1.54) is 30.4 Å². The molecule has 3 aliphatic heterocycles. The van der Waals surface area contributed by atoms with Crippen molar-refractivity contribution in [3.63, 3.8) is 0 Å². The third-order valence-corrected chi connectivity index (χ3v) is 11.8. The van der Waals surface area contributed by atoms with Crippen molar-refractivity contribution in [1.82, 2.24) is 10.2 Å². The number of hydrogen-bond donors (Lipinski definition) is 1. The van der Waals surface area contributed by atoms with Crippen molar-refractivity contribution in [2.45, 2.75) is 28.0 Å². The van der Waals surface area contributed by atoms with Crippen molar-refractivity contribution >= 4 is 56.1 Å². The van der Waals surface area contributed by atoms with E-state index < -0.39 is 22.7 Å². The number of thiophene rings is 1. The van der Waals surface area contributed by atoms with Gasteiger partial charge in [0.1, 0.15) is 0 Å². The van der Waals surface area contributed by atoms with Gasteiger partial charge < -0.3 is 0 Å². The van der Waals surface area contributed by atoms with E-state index in [0.717, 1.165) is 38.0 Å². The molecule has 3 saturated heterocycles. The Morgan fingerprint density at radius 3 is 2.71 bits per heavy atom. The van der Waals surface area contributed by atoms with E-state index >= 15 is 0 Å². The Balaban J connectivity index is 1.39. The third-order valence-electron chi connectivity index (χ3n) is 5.09. The molecule has 1 N–H and O–H groups in total. The van der Waals surface area contributed by atoms with Crippen molar-refractivity contribution < 1.29 is 13.2 Å². The molecule has 0 aliphatic carbocycles. The molecule has 0 saturated carbocycles. The molecule has 1 atom stereocenters. The van der Waals surface area contributed by atoms with Gasteiger partial charge in [-0.25, -0.2) is 0 Å². The molecular weight excluding hydrogens is 475 g/mol. The molecule has 0 spiro atoms. The van der Waals surface area contributed by atoms with E-state index in [0.29, 0.717) is 5.92 Å². The number of rotatable bonds is 6. The molecule has 1 aromatic carbocycles. The van der Waals surface area contributed by atoms with E-state index in [1.807, 2.05) is 36.4 Å². The van der Waals surface area contributed by atoms with E-state index in [2.05, 4.69) is 10.2 Å². The Morgan fingerprint density at radius 2 is 2.04 bits per heavy atom. The first-order valence-electron chi connectivity index (χ1n) is 9.20. The monoisotopic (exact) mass is 497 g/mol. The summed E-state index contributed by atoms with van der Waals surface area (Å²) in [4.78, 5) is 16.8. The molecule has 1 radical (unpaired) electrons. The summed E-state index contributed by atoms with van der Waals surface area (Å²) < 4.78 is 25.0. The molecule has 1 aromatic heterocycles. The van der Waals surface area contributed by atoms with Crippen LogP contribution in [0, 0.1) is 5.92 Å². The molecule has 149 valence electrons. The molecule has 9 heteroatoms. The summed E-state index contributed by atoms with van der Waals surface area (Å²) in [5.41, 5.74) is 0. The van der Waals surface area contributed by atoms with Gasteiger partial charge in [-0.3, -0.25) is 0 Å². The number of benzene rings is 1. The predicted molar refractivity (Wildman–Crippen MR) is 116 cm³/mol. The molecule has 0 unspecified atom stereocenters. The summed E-state index contributed by atoms with van der Waals surface area (Å²) in [5.74, 6) is 0.634. The first-order chi connectivity index (χ1) is 13.4. The van der Waals surface area contributed by atoms with E-state index in [4.69, 9.17) is 0 Å². The second-order valence-corrected chi connectivity index (χ2v) is 17.8. The molecule has 28 heavy (non-hydrogen) atoms. The zero-order chi connectivity index (χ0) is 19.7. The van der Waals surface area contributed by atoms with E-state index in [9.17, 15) is 13.2 Å². The quantitative estimate of drug-likeness (QED) is 0.619. The number of nitrogens with one attached hydrogen (secondary N) is 1. The molecule has 4 heterocycles. The standard InChI is InChI=1S/C19H22AsN2O3S3/c1-28(24,25)20-14-3-2-4-15(11-14)26-18-6-5-17(27-18)19(23)21-16-12-22-9-7-13(16)8-10-22/h2-6,11,13,16H,7-10,12H2,1H3,(H,21,23)/t16-/m0/s1. The number of hydrogen-bond acceptors (Lipinski definition) is 6. The average Bonchev–Trinajstić information content (AvgIpc) is 3.10. The van der Waals surface area contributed by atoms with Crippen LogP contribution in [-0.4, -0.2) is 65.8 Å². The van der Waals surface area contributed by atoms with Crippen LogP contribution in [0.15, 0.2) is 45.5 Å². The van der Waals surface area contributed by atoms with Crippen LogP contribution in [-0.2, 0) is 8.10 Å². The summed E-state index contributed by atoms with van der Waals surface area (Å²) in [6.45, 7) is 3.30. The van der Waals surface area contributed by atoms with Crippen LogP contribution in [0.1, 0.15) is 22.5 Å². The Bertz CT molecular complexity index is 968. The minimum absolute atomic E-state index is 0.0198. The van der Waals surface area contributed by atoms with Gasteiger partial charge in [0.2, 0.25) is 0 Å². The zero-order valence-electron chi connectivity index (χ0n) is 15.5. The molecular formula is C19H22AsN2O3S3. The Hall–Kier alpha value is -0.792. The normalized spacial score (nSPS) is 24.7. The van der Waals surface area contributed by atoms with Gasteiger partial charge in [-0.15, -0.1) is 0 Å². The summed E-state index contributed by atoms with van der Waals surface area (Å²) in [5, 5.41) is 3.24. The fourth-order valence-electron chi connectivity index (χ4n) is 3.78. The molecule has 2 aromatic rings. The summed E-state index contributed by atoms with van der Waals surface area (Å²) in [7, 11) is -2.96. The van der Waals surface area contributed by atoms with Crippen LogP contribution < -0.4 is 9.67 Å². The summed E-state index contributed by atoms with van der Waals surface area (Å²) in [6, 6.07) is 11.8. The van der Waals surface area contributed by atoms with Gasteiger partial charge in [-0.05, 0) is 13.1 Å². The topological polar surface area (TPSA) is 66.5 Å². The SMILES string of the molecule is CS(=O)(=O)[As]c1cccc(Sc2ccc(C(=O)N[C@H]3CN4CCC3CC4)s2)c1. The van der Waals surface area contributed by atoms with Crippen molar-refractivity contribution in [2.24, 2.45) is 5.92 Å². The number of amides is 1. The first-order valence-corrected chi connectivity index (χ1v) is 15.9. The van der Waals surface area contributed by atoms with Gasteiger partial charge in [0.15, 0.2) is 0 Å². The second kappa shape index (κ2) is 8.52. The van der Waals surface area contributed by atoms with Gasteiger partial charge in [0, 0.05) is 0 Å². The van der Waals surface area contributed by atoms with Gasteiger partial charge >= 0.3 is 167 Å². The van der Waals surface area contributed by atoms with Gasteiger partial charge in [-0.2, -0.15) is 0 Å². The number of carbonyl (C=O) groups excluding carboxylic acids is 1. The number of nitrogens with zero attached hydrogens (tertiary/aromatic N) is 1. The fourth-order valence-corrected chi connectivity index (χ4v) is 10.1. The van der Waals surface area contributed by atoms with E-state index in [-0.39, 0.29) is 11.9 Å². The Labute approximate surface area is 179 Å². The minimum atomic E-state index is -2.96. The zero-order valence-corrected chi connectivity index (χ0v) is 19.8. The Morgan fingerprint density at radius 1 is 1.25 bits per heavy atom. The number of piperidine rings is 3. The maximum absolute atomic E-state index is 12.7. The number of fused-ring (bicyclic) bond motifs is 3. The van der Waals surface area contributed by atoms with Crippen molar-refractivity contribution in [3.05, 3.63) is 41.3 Å². The van der Waals surface area contributed by atoms with Crippen molar-refractivity contribution in [1.29, 1.82) is 0 Å². The van der Waals surface area contributed by atoms with Crippen LogP contribution in [0.4, 0.5) is 0 Å². The van der Waals surface area contributed by atoms with Crippen LogP contribution >= 0.6 is 23.1 Å². The molecule has 5 nitrogen and oxygen atoms in total.